The molecule has 0 saturated carbocycles. The molecule has 0 aliphatic carbocycles. The van der Waals surface area contributed by atoms with E-state index in [1.807, 2.05) is 13.8 Å². The van der Waals surface area contributed by atoms with Crippen molar-refractivity contribution < 1.29 is 4.79 Å². The zero-order chi connectivity index (χ0) is 18.7. The summed E-state index contributed by atoms with van der Waals surface area (Å²) in [4.78, 5) is 20.8. The maximum Gasteiger partial charge on any atom is 0.237 e. The van der Waals surface area contributed by atoms with E-state index >= 15 is 0 Å². The van der Waals surface area contributed by atoms with E-state index in [0.717, 1.165) is 69.7 Å². The molecule has 1 saturated heterocycles. The van der Waals surface area contributed by atoms with Crippen LogP contribution in [0.5, 0.6) is 0 Å². The number of guanidine groups is 1. The number of hydrogen-bond acceptors (Lipinski definition) is 5. The Kier molecular flexibility index (Phi) is 7.43. The monoisotopic (exact) mass is 490 g/mol. The van der Waals surface area contributed by atoms with E-state index in [1.165, 1.54) is 0 Å². The van der Waals surface area contributed by atoms with Gasteiger partial charge in [0.15, 0.2) is 11.8 Å². The Morgan fingerprint density at radius 3 is 2.56 bits per heavy atom. The minimum absolute atomic E-state index is 0. The Morgan fingerprint density at radius 1 is 1.22 bits per heavy atom. The second kappa shape index (κ2) is 9.18. The third kappa shape index (κ3) is 4.71. The van der Waals surface area contributed by atoms with Gasteiger partial charge in [0, 0.05) is 45.7 Å². The fourth-order valence-corrected chi connectivity index (χ4v) is 3.53. The number of hydrogen-bond donors (Lipinski definition) is 2. The molecular formula is C17H31IN8O. The van der Waals surface area contributed by atoms with Crippen LogP contribution in [0.2, 0.25) is 0 Å². The molecule has 1 fully saturated rings. The number of aryl methyl sites for hydroxylation is 1. The summed E-state index contributed by atoms with van der Waals surface area (Å²) in [6, 6.07) is 0. The molecule has 10 heteroatoms. The highest BCUT2D eigenvalue weighted by Crippen LogP contribution is 2.17. The van der Waals surface area contributed by atoms with Crippen LogP contribution in [-0.2, 0) is 24.3 Å². The minimum atomic E-state index is -0.621. The summed E-state index contributed by atoms with van der Waals surface area (Å²) in [6.07, 6.45) is 2.15. The van der Waals surface area contributed by atoms with Crippen LogP contribution in [0.3, 0.4) is 0 Å². The molecule has 3 rings (SSSR count). The Morgan fingerprint density at radius 2 is 1.93 bits per heavy atom. The summed E-state index contributed by atoms with van der Waals surface area (Å²) in [6.45, 7) is 11.3. The van der Waals surface area contributed by atoms with Crippen LogP contribution in [0.15, 0.2) is 4.99 Å². The minimum Gasteiger partial charge on any atom is -0.368 e. The van der Waals surface area contributed by atoms with Gasteiger partial charge in [0.2, 0.25) is 5.91 Å². The van der Waals surface area contributed by atoms with Crippen LogP contribution in [-0.4, -0.2) is 74.7 Å². The fraction of sp³-hybridized carbons (Fsp3) is 0.765. The molecule has 0 spiro atoms. The highest BCUT2D eigenvalue weighted by molar-refractivity contribution is 14.0. The maximum absolute atomic E-state index is 11.7. The molecule has 0 atom stereocenters. The predicted molar refractivity (Wildman–Crippen MR) is 115 cm³/mol. The maximum atomic E-state index is 11.7. The molecule has 1 aromatic rings. The summed E-state index contributed by atoms with van der Waals surface area (Å²) < 4.78 is 2.18. The first-order chi connectivity index (χ1) is 12.4. The molecule has 152 valence electrons. The van der Waals surface area contributed by atoms with Crippen LogP contribution in [0.1, 0.15) is 38.8 Å². The zero-order valence-corrected chi connectivity index (χ0v) is 18.8. The van der Waals surface area contributed by atoms with E-state index in [2.05, 4.69) is 36.8 Å². The number of nitrogens with two attached hydrogens (primary N) is 1. The van der Waals surface area contributed by atoms with Crippen LogP contribution in [0.25, 0.3) is 0 Å². The van der Waals surface area contributed by atoms with E-state index < -0.39 is 5.54 Å². The molecule has 2 aliphatic rings. The summed E-state index contributed by atoms with van der Waals surface area (Å²) >= 11 is 0. The molecule has 1 aromatic heterocycles. The topological polar surface area (TPSA) is 105 Å². The average Bonchev–Trinajstić information content (AvgIpc) is 3.23. The molecule has 0 aromatic carbocycles. The molecule has 2 aliphatic heterocycles. The lowest BCUT2D eigenvalue weighted by atomic mass is 10.0. The summed E-state index contributed by atoms with van der Waals surface area (Å²) in [5.41, 5.74) is 4.92. The van der Waals surface area contributed by atoms with Gasteiger partial charge in [-0.15, -0.1) is 34.2 Å². The highest BCUT2D eigenvalue weighted by atomic mass is 127. The van der Waals surface area contributed by atoms with E-state index in [9.17, 15) is 4.79 Å². The quantitative estimate of drug-likeness (QED) is 0.347. The lowest BCUT2D eigenvalue weighted by Crippen LogP contribution is -2.61. The molecule has 3 N–H and O–H groups in total. The van der Waals surface area contributed by atoms with Crippen molar-refractivity contribution in [1.82, 2.24) is 29.9 Å². The largest absolute Gasteiger partial charge is 0.368 e. The van der Waals surface area contributed by atoms with Crippen molar-refractivity contribution >= 4 is 35.8 Å². The molecule has 0 unspecified atom stereocenters. The molecular weight excluding hydrogens is 459 g/mol. The van der Waals surface area contributed by atoms with Gasteiger partial charge < -0.3 is 20.5 Å². The van der Waals surface area contributed by atoms with Gasteiger partial charge in [0.1, 0.15) is 12.4 Å². The number of rotatable bonds is 5. The van der Waals surface area contributed by atoms with Gasteiger partial charge in [-0.1, -0.05) is 0 Å². The van der Waals surface area contributed by atoms with Crippen LogP contribution >= 0.6 is 24.0 Å². The standard InChI is InChI=1S/C17H30N8O.HI/c1-4-19-16(20-12-14-22-21-13-6-5-7-25(13)14)23-8-10-24(11-9-23)17(2,3)15(18)26;/h4-12H2,1-3H3,(H2,18,26)(H,19,20);1H. The van der Waals surface area contributed by atoms with Gasteiger partial charge in [-0.25, -0.2) is 4.99 Å². The number of aliphatic imine (C=N–C) groups is 1. The zero-order valence-electron chi connectivity index (χ0n) is 16.4. The summed E-state index contributed by atoms with van der Waals surface area (Å²) in [5, 5.41) is 11.9. The number of nitrogens with one attached hydrogen (secondary N) is 1. The number of piperazine rings is 1. The second-order valence-electron chi connectivity index (χ2n) is 7.36. The van der Waals surface area contributed by atoms with Crippen LogP contribution in [0, 0.1) is 0 Å². The smallest absolute Gasteiger partial charge is 0.237 e. The summed E-state index contributed by atoms with van der Waals surface area (Å²) in [7, 11) is 0. The van der Waals surface area contributed by atoms with Crippen molar-refractivity contribution in [3.8, 4) is 0 Å². The average molecular weight is 490 g/mol. The first-order valence-corrected chi connectivity index (χ1v) is 9.42. The van der Waals surface area contributed by atoms with Crippen molar-refractivity contribution in [2.45, 2.75) is 52.2 Å². The lowest BCUT2D eigenvalue weighted by Gasteiger charge is -2.43. The molecule has 3 heterocycles. The van der Waals surface area contributed by atoms with Crippen molar-refractivity contribution in [2.24, 2.45) is 10.7 Å². The molecule has 1 amide bonds. The van der Waals surface area contributed by atoms with Gasteiger partial charge in [-0.2, -0.15) is 0 Å². The van der Waals surface area contributed by atoms with Crippen LogP contribution < -0.4 is 11.1 Å². The Balaban J connectivity index is 0.00000261. The van der Waals surface area contributed by atoms with E-state index in [0.29, 0.717) is 6.54 Å². The highest BCUT2D eigenvalue weighted by Gasteiger charge is 2.35. The SMILES string of the molecule is CCNC(=NCc1nnc2n1CCC2)N1CCN(C(C)(C)C(N)=O)CC1.I. The fourth-order valence-electron chi connectivity index (χ4n) is 3.53. The van der Waals surface area contributed by atoms with E-state index in [-0.39, 0.29) is 29.9 Å². The van der Waals surface area contributed by atoms with Gasteiger partial charge in [-0.3, -0.25) is 9.69 Å². The Hall–Kier alpha value is -1.43. The predicted octanol–water partition coefficient (Wildman–Crippen LogP) is 0.189. The number of primary amides is 1. The number of carbonyl (C=O) groups is 1. The third-order valence-corrected chi connectivity index (χ3v) is 5.36. The number of nitrogens with zero attached hydrogens (tertiary/aromatic N) is 6. The van der Waals surface area contributed by atoms with Gasteiger partial charge in [0.05, 0.1) is 5.54 Å². The van der Waals surface area contributed by atoms with E-state index in [1.54, 1.807) is 0 Å². The normalized spacial score (nSPS) is 18.2. The molecule has 0 radical (unpaired) electrons. The lowest BCUT2D eigenvalue weighted by molar-refractivity contribution is -0.129. The first kappa shape index (κ1) is 21.9. The molecule has 27 heavy (non-hydrogen) atoms. The Bertz CT molecular complexity index is 678. The molecule has 0 bridgehead atoms. The number of aromatic nitrogens is 3. The molecule has 9 nitrogen and oxygen atoms in total. The van der Waals surface area contributed by atoms with Gasteiger partial charge in [-0.05, 0) is 27.2 Å². The van der Waals surface area contributed by atoms with Crippen LogP contribution in [0.4, 0.5) is 0 Å². The third-order valence-electron chi connectivity index (χ3n) is 5.36. The van der Waals surface area contributed by atoms with Crippen molar-refractivity contribution in [3.05, 3.63) is 11.6 Å². The van der Waals surface area contributed by atoms with Gasteiger partial charge in [0.25, 0.3) is 0 Å². The summed E-state index contributed by atoms with van der Waals surface area (Å²) in [5.74, 6) is 2.61. The van der Waals surface area contributed by atoms with Crippen molar-refractivity contribution in [3.63, 3.8) is 0 Å². The Labute approximate surface area is 177 Å². The van der Waals surface area contributed by atoms with Gasteiger partial charge >= 0.3 is 0 Å². The number of halogens is 1. The first-order valence-electron chi connectivity index (χ1n) is 9.42. The second-order valence-corrected chi connectivity index (χ2v) is 7.36. The number of fused-ring (bicyclic) bond motifs is 1. The van der Waals surface area contributed by atoms with E-state index in [4.69, 9.17) is 10.7 Å². The number of amides is 1. The van der Waals surface area contributed by atoms with Crippen molar-refractivity contribution in [2.75, 3.05) is 32.7 Å². The van der Waals surface area contributed by atoms with Crippen molar-refractivity contribution in [1.29, 1.82) is 0 Å². The number of carbonyl (C=O) groups excluding carboxylic acids is 1.